The lowest BCUT2D eigenvalue weighted by Gasteiger charge is -2.08. The van der Waals surface area contributed by atoms with Crippen molar-refractivity contribution in [1.29, 1.82) is 0 Å². The molecule has 98 valence electrons. The van der Waals surface area contributed by atoms with Gasteiger partial charge in [0.15, 0.2) is 0 Å². The van der Waals surface area contributed by atoms with Crippen LogP contribution in [-0.2, 0) is 0 Å². The smallest absolute Gasteiger partial charge is 0.215 e. The van der Waals surface area contributed by atoms with Gasteiger partial charge >= 0.3 is 0 Å². The minimum Gasteiger partial charge on any atom is -0.494 e. The third-order valence-corrected chi connectivity index (χ3v) is 3.03. The second-order valence-corrected chi connectivity index (χ2v) is 4.29. The third-order valence-electron chi connectivity index (χ3n) is 2.23. The largest absolute Gasteiger partial charge is 0.494 e. The zero-order chi connectivity index (χ0) is 13.5. The summed E-state index contributed by atoms with van der Waals surface area (Å²) in [6.07, 6.45) is 0. The van der Waals surface area contributed by atoms with Gasteiger partial charge < -0.3 is 9.84 Å². The maximum Gasteiger partial charge on any atom is 0.215 e. The predicted octanol–water partition coefficient (Wildman–Crippen LogP) is 0.759. The van der Waals surface area contributed by atoms with Crippen molar-refractivity contribution in [2.24, 2.45) is 0 Å². The van der Waals surface area contributed by atoms with Crippen LogP contribution in [0.2, 0.25) is 0 Å². The van der Waals surface area contributed by atoms with Gasteiger partial charge in [-0.05, 0) is 22.6 Å². The van der Waals surface area contributed by atoms with Crippen molar-refractivity contribution >= 4 is 11.8 Å². The van der Waals surface area contributed by atoms with Gasteiger partial charge in [0.1, 0.15) is 18.0 Å². The van der Waals surface area contributed by atoms with Crippen molar-refractivity contribution in [3.8, 4) is 23.3 Å². The number of hydrogen-bond donors (Lipinski definition) is 1. The summed E-state index contributed by atoms with van der Waals surface area (Å²) in [6.45, 7) is -0.141. The standard InChI is InChI=1S/C12H12N4O2S/c1-18-11-7-3-2-6-10(11)16-12(13-14-15-16)19-9-5-4-8-17/h2-3,6-7,17H,8-9H2,1H3. The number of benzene rings is 1. The van der Waals surface area contributed by atoms with Crippen LogP contribution >= 0.6 is 11.8 Å². The van der Waals surface area contributed by atoms with E-state index in [2.05, 4.69) is 27.4 Å². The molecule has 2 rings (SSSR count). The highest BCUT2D eigenvalue weighted by Crippen LogP contribution is 2.25. The first kappa shape index (κ1) is 13.4. The minimum atomic E-state index is -0.141. The lowest BCUT2D eigenvalue weighted by molar-refractivity contribution is 0.350. The molecular weight excluding hydrogens is 264 g/mol. The Morgan fingerprint density at radius 2 is 2.21 bits per heavy atom. The molecule has 19 heavy (non-hydrogen) atoms. The lowest BCUT2D eigenvalue weighted by atomic mass is 10.3. The summed E-state index contributed by atoms with van der Waals surface area (Å²) in [6, 6.07) is 7.49. The van der Waals surface area contributed by atoms with E-state index in [0.29, 0.717) is 16.7 Å². The van der Waals surface area contributed by atoms with Gasteiger partial charge in [0.05, 0.1) is 12.9 Å². The fraction of sp³-hybridized carbons (Fsp3) is 0.250. The number of hydrogen-bond acceptors (Lipinski definition) is 6. The first-order chi connectivity index (χ1) is 9.36. The number of para-hydroxylation sites is 2. The van der Waals surface area contributed by atoms with Gasteiger partial charge in [0.25, 0.3) is 0 Å². The fourth-order valence-corrected chi connectivity index (χ4v) is 2.09. The molecule has 0 aliphatic heterocycles. The highest BCUT2D eigenvalue weighted by atomic mass is 32.2. The summed E-state index contributed by atoms with van der Waals surface area (Å²) in [5.41, 5.74) is 0.771. The lowest BCUT2D eigenvalue weighted by Crippen LogP contribution is -2.01. The monoisotopic (exact) mass is 276 g/mol. The van der Waals surface area contributed by atoms with Crippen LogP contribution in [0.15, 0.2) is 29.4 Å². The molecule has 0 saturated heterocycles. The number of aromatic nitrogens is 4. The van der Waals surface area contributed by atoms with Crippen molar-refractivity contribution in [2.75, 3.05) is 19.5 Å². The summed E-state index contributed by atoms with van der Waals surface area (Å²) in [4.78, 5) is 0. The number of rotatable bonds is 4. The molecule has 0 aliphatic carbocycles. The van der Waals surface area contributed by atoms with Gasteiger partial charge in [-0.1, -0.05) is 35.7 Å². The second kappa shape index (κ2) is 6.78. The molecule has 0 saturated carbocycles. The van der Waals surface area contributed by atoms with E-state index in [9.17, 15) is 0 Å². The minimum absolute atomic E-state index is 0.141. The molecule has 0 aliphatic rings. The number of methoxy groups -OCH3 is 1. The number of nitrogens with zero attached hydrogens (tertiary/aromatic N) is 4. The van der Waals surface area contributed by atoms with Crippen LogP contribution in [0, 0.1) is 11.8 Å². The number of tetrazole rings is 1. The van der Waals surface area contributed by atoms with E-state index in [1.165, 1.54) is 11.8 Å². The van der Waals surface area contributed by atoms with E-state index in [0.717, 1.165) is 5.69 Å². The van der Waals surface area contributed by atoms with Crippen molar-refractivity contribution in [1.82, 2.24) is 20.2 Å². The third kappa shape index (κ3) is 3.24. The quantitative estimate of drug-likeness (QED) is 0.656. The molecule has 1 N–H and O–H groups in total. The van der Waals surface area contributed by atoms with E-state index in [4.69, 9.17) is 9.84 Å². The van der Waals surface area contributed by atoms with Gasteiger partial charge in [-0.3, -0.25) is 0 Å². The molecule has 0 radical (unpaired) electrons. The van der Waals surface area contributed by atoms with Crippen LogP contribution in [0.25, 0.3) is 5.69 Å². The van der Waals surface area contributed by atoms with Gasteiger partial charge in [-0.15, -0.1) is 5.10 Å². The SMILES string of the molecule is COc1ccccc1-n1nnnc1SCC#CCO. The second-order valence-electron chi connectivity index (χ2n) is 3.35. The van der Waals surface area contributed by atoms with E-state index >= 15 is 0 Å². The molecule has 6 nitrogen and oxygen atoms in total. The Kier molecular flexibility index (Phi) is 4.78. The van der Waals surface area contributed by atoms with Crippen LogP contribution in [0.4, 0.5) is 0 Å². The number of ether oxygens (including phenoxy) is 1. The van der Waals surface area contributed by atoms with Crippen LogP contribution in [0.5, 0.6) is 5.75 Å². The first-order valence-corrected chi connectivity index (χ1v) is 6.46. The first-order valence-electron chi connectivity index (χ1n) is 5.48. The molecule has 1 aromatic carbocycles. The summed E-state index contributed by atoms with van der Waals surface area (Å²) in [7, 11) is 1.60. The normalized spacial score (nSPS) is 9.79. The van der Waals surface area contributed by atoms with Crippen LogP contribution in [0.1, 0.15) is 0 Å². The maximum absolute atomic E-state index is 8.58. The van der Waals surface area contributed by atoms with Crippen LogP contribution in [0.3, 0.4) is 0 Å². The average molecular weight is 276 g/mol. The number of aliphatic hydroxyl groups is 1. The molecule has 2 aromatic rings. The summed E-state index contributed by atoms with van der Waals surface area (Å²) < 4.78 is 6.88. The molecule has 0 atom stereocenters. The molecule has 0 spiro atoms. The zero-order valence-electron chi connectivity index (χ0n) is 10.3. The Morgan fingerprint density at radius 1 is 1.37 bits per heavy atom. The fourth-order valence-electron chi connectivity index (χ4n) is 1.43. The Balaban J connectivity index is 2.23. The molecule has 7 heteroatoms. The molecule has 1 heterocycles. The average Bonchev–Trinajstić information content (AvgIpc) is 2.92. The Bertz CT molecular complexity index is 603. The Labute approximate surface area is 114 Å². The summed E-state index contributed by atoms with van der Waals surface area (Å²) in [5.74, 6) is 6.58. The van der Waals surface area contributed by atoms with Crippen molar-refractivity contribution < 1.29 is 9.84 Å². The van der Waals surface area contributed by atoms with Gasteiger partial charge in [-0.2, -0.15) is 4.68 Å². The van der Waals surface area contributed by atoms with Crippen molar-refractivity contribution in [3.63, 3.8) is 0 Å². The summed E-state index contributed by atoms with van der Waals surface area (Å²) in [5, 5.41) is 20.8. The number of thioether (sulfide) groups is 1. The Morgan fingerprint density at radius 3 is 3.00 bits per heavy atom. The van der Waals surface area contributed by atoms with E-state index in [1.54, 1.807) is 11.8 Å². The van der Waals surface area contributed by atoms with E-state index in [1.807, 2.05) is 24.3 Å². The predicted molar refractivity (Wildman–Crippen MR) is 71.3 cm³/mol. The number of aliphatic hydroxyl groups excluding tert-OH is 1. The van der Waals surface area contributed by atoms with Crippen LogP contribution < -0.4 is 4.74 Å². The van der Waals surface area contributed by atoms with Gasteiger partial charge in [0, 0.05) is 0 Å². The highest BCUT2D eigenvalue weighted by Gasteiger charge is 2.12. The van der Waals surface area contributed by atoms with Crippen molar-refractivity contribution in [2.45, 2.75) is 5.16 Å². The molecule has 1 aromatic heterocycles. The molecule has 0 unspecified atom stereocenters. The summed E-state index contributed by atoms with van der Waals surface area (Å²) >= 11 is 1.39. The maximum atomic E-state index is 8.58. The van der Waals surface area contributed by atoms with Gasteiger partial charge in [0.2, 0.25) is 5.16 Å². The molecule has 0 fully saturated rings. The Hall–Kier alpha value is -2.04. The van der Waals surface area contributed by atoms with Crippen molar-refractivity contribution in [3.05, 3.63) is 24.3 Å². The van der Waals surface area contributed by atoms with E-state index in [-0.39, 0.29) is 6.61 Å². The van der Waals surface area contributed by atoms with E-state index < -0.39 is 0 Å². The highest BCUT2D eigenvalue weighted by molar-refractivity contribution is 7.99. The molecule has 0 amide bonds. The molecular formula is C12H12N4O2S. The van der Waals surface area contributed by atoms with Gasteiger partial charge in [-0.25, -0.2) is 0 Å². The zero-order valence-corrected chi connectivity index (χ0v) is 11.1. The molecule has 0 bridgehead atoms. The van der Waals surface area contributed by atoms with Crippen LogP contribution in [-0.4, -0.2) is 44.8 Å². The topological polar surface area (TPSA) is 73.1 Å².